The number of benzene rings is 2. The van der Waals surface area contributed by atoms with E-state index >= 15 is 0 Å². The fourth-order valence-electron chi connectivity index (χ4n) is 2.07. The first-order chi connectivity index (χ1) is 10.3. The van der Waals surface area contributed by atoms with Crippen LogP contribution in [0.1, 0.15) is 5.56 Å². The van der Waals surface area contributed by atoms with Crippen LogP contribution in [0.15, 0.2) is 54.6 Å². The molecule has 21 heavy (non-hydrogen) atoms. The van der Waals surface area contributed by atoms with Crippen LogP contribution in [0.5, 0.6) is 0 Å². The Morgan fingerprint density at radius 3 is 2.76 bits per heavy atom. The molecule has 2 aromatic carbocycles. The van der Waals surface area contributed by atoms with Crippen molar-refractivity contribution in [3.8, 4) is 11.4 Å². The van der Waals surface area contributed by atoms with Gasteiger partial charge in [0.2, 0.25) is 0 Å². The molecule has 0 saturated carbocycles. The Kier molecular flexibility index (Phi) is 3.49. The van der Waals surface area contributed by atoms with Gasteiger partial charge in [0.05, 0.1) is 11.0 Å². The molecule has 0 unspecified atom stereocenters. The number of nitrogens with one attached hydrogen (secondary N) is 2. The van der Waals surface area contributed by atoms with E-state index in [1.807, 2.05) is 48.5 Å². The molecule has 0 bridgehead atoms. The van der Waals surface area contributed by atoms with Gasteiger partial charge in [-0.2, -0.15) is 0 Å². The highest BCUT2D eigenvalue weighted by Crippen LogP contribution is 2.21. The molecule has 0 radical (unpaired) electrons. The Morgan fingerprint density at radius 1 is 1.19 bits per heavy atom. The number of hydrogen-bond acceptors (Lipinski definition) is 3. The van der Waals surface area contributed by atoms with Crippen LogP contribution in [0.3, 0.4) is 0 Å². The summed E-state index contributed by atoms with van der Waals surface area (Å²) < 4.78 is 0. The average molecular weight is 279 g/mol. The zero-order chi connectivity index (χ0) is 14.7. The van der Waals surface area contributed by atoms with Crippen molar-refractivity contribution < 1.29 is 10.0 Å². The number of amides is 1. The molecular weight excluding hydrogens is 266 g/mol. The predicted molar refractivity (Wildman–Crippen MR) is 80.5 cm³/mol. The summed E-state index contributed by atoms with van der Waals surface area (Å²) in [5.74, 6) is 0.240. The lowest BCUT2D eigenvalue weighted by atomic mass is 10.2. The SMILES string of the molecule is O=C(/C=C/c1ccc2nc(-c3ccccc3)[nH]c2c1)NO. The van der Waals surface area contributed by atoms with Crippen LogP contribution in [0.25, 0.3) is 28.5 Å². The largest absolute Gasteiger partial charge is 0.338 e. The van der Waals surface area contributed by atoms with Gasteiger partial charge in [-0.15, -0.1) is 0 Å². The smallest absolute Gasteiger partial charge is 0.267 e. The highest BCUT2D eigenvalue weighted by Gasteiger charge is 2.04. The van der Waals surface area contributed by atoms with Gasteiger partial charge < -0.3 is 4.98 Å². The van der Waals surface area contributed by atoms with E-state index in [2.05, 4.69) is 9.97 Å². The highest BCUT2D eigenvalue weighted by molar-refractivity contribution is 5.91. The summed E-state index contributed by atoms with van der Waals surface area (Å²) in [6.45, 7) is 0. The third-order valence-electron chi connectivity index (χ3n) is 3.09. The summed E-state index contributed by atoms with van der Waals surface area (Å²) in [7, 11) is 0. The zero-order valence-corrected chi connectivity index (χ0v) is 11.1. The first-order valence-electron chi connectivity index (χ1n) is 6.43. The van der Waals surface area contributed by atoms with E-state index in [1.165, 1.54) is 6.08 Å². The summed E-state index contributed by atoms with van der Waals surface area (Å²) in [6.07, 6.45) is 2.88. The Bertz CT molecular complexity index is 807. The second-order valence-corrected chi connectivity index (χ2v) is 4.54. The fraction of sp³-hybridized carbons (Fsp3) is 0. The van der Waals surface area contributed by atoms with Crippen LogP contribution in [0.4, 0.5) is 0 Å². The van der Waals surface area contributed by atoms with Crippen LogP contribution in [-0.2, 0) is 4.79 Å². The van der Waals surface area contributed by atoms with Crippen LogP contribution in [-0.4, -0.2) is 21.1 Å². The van der Waals surface area contributed by atoms with Gasteiger partial charge in [0, 0.05) is 11.6 Å². The Balaban J connectivity index is 1.96. The third-order valence-corrected chi connectivity index (χ3v) is 3.09. The fourth-order valence-corrected chi connectivity index (χ4v) is 2.07. The van der Waals surface area contributed by atoms with Crippen molar-refractivity contribution in [2.45, 2.75) is 0 Å². The van der Waals surface area contributed by atoms with Crippen molar-refractivity contribution in [2.75, 3.05) is 0 Å². The van der Waals surface area contributed by atoms with Crippen molar-refractivity contribution in [3.63, 3.8) is 0 Å². The maximum atomic E-state index is 11.0. The first-order valence-corrected chi connectivity index (χ1v) is 6.43. The van der Waals surface area contributed by atoms with Gasteiger partial charge in [0.15, 0.2) is 0 Å². The maximum absolute atomic E-state index is 11.0. The van der Waals surface area contributed by atoms with Crippen molar-refractivity contribution in [1.29, 1.82) is 0 Å². The molecule has 5 heteroatoms. The minimum absolute atomic E-state index is 0.565. The standard InChI is InChI=1S/C16H13N3O2/c20-15(19-21)9-7-11-6-8-13-14(10-11)18-16(17-13)12-4-2-1-3-5-12/h1-10,21H,(H,17,18)(H,19,20)/b9-7+. The molecule has 0 spiro atoms. The minimum atomic E-state index is -0.565. The molecule has 5 nitrogen and oxygen atoms in total. The average Bonchev–Trinajstić information content (AvgIpc) is 2.96. The minimum Gasteiger partial charge on any atom is -0.338 e. The first kappa shape index (κ1) is 13.1. The molecule has 0 aliphatic rings. The van der Waals surface area contributed by atoms with E-state index in [4.69, 9.17) is 5.21 Å². The number of carbonyl (C=O) groups is 1. The third kappa shape index (κ3) is 2.82. The van der Waals surface area contributed by atoms with E-state index in [-0.39, 0.29) is 0 Å². The molecule has 1 aromatic heterocycles. The van der Waals surface area contributed by atoms with Gasteiger partial charge in [0.1, 0.15) is 5.82 Å². The van der Waals surface area contributed by atoms with E-state index in [1.54, 1.807) is 11.6 Å². The molecule has 3 aromatic rings. The van der Waals surface area contributed by atoms with E-state index in [0.29, 0.717) is 0 Å². The number of rotatable bonds is 3. The summed E-state index contributed by atoms with van der Waals surface area (Å²) >= 11 is 0. The maximum Gasteiger partial charge on any atom is 0.267 e. The van der Waals surface area contributed by atoms with Crippen molar-refractivity contribution in [1.82, 2.24) is 15.4 Å². The monoisotopic (exact) mass is 279 g/mol. The van der Waals surface area contributed by atoms with E-state index < -0.39 is 5.91 Å². The predicted octanol–water partition coefficient (Wildman–Crippen LogP) is 2.75. The summed E-state index contributed by atoms with van der Waals surface area (Å²) in [4.78, 5) is 18.8. The van der Waals surface area contributed by atoms with Crippen LogP contribution < -0.4 is 5.48 Å². The molecule has 1 heterocycles. The van der Waals surface area contributed by atoms with Crippen LogP contribution in [0.2, 0.25) is 0 Å². The molecule has 0 aliphatic carbocycles. The summed E-state index contributed by atoms with van der Waals surface area (Å²) in [6, 6.07) is 15.5. The number of hydroxylamine groups is 1. The molecule has 0 aliphatic heterocycles. The zero-order valence-electron chi connectivity index (χ0n) is 11.1. The molecule has 3 rings (SSSR count). The Morgan fingerprint density at radius 2 is 2.00 bits per heavy atom. The lowest BCUT2D eigenvalue weighted by molar-refractivity contribution is -0.124. The molecule has 104 valence electrons. The van der Waals surface area contributed by atoms with E-state index in [0.717, 1.165) is 28.0 Å². The summed E-state index contributed by atoms with van der Waals surface area (Å²) in [5.41, 5.74) is 5.16. The van der Waals surface area contributed by atoms with Gasteiger partial charge in [-0.3, -0.25) is 10.0 Å². The number of H-pyrrole nitrogens is 1. The number of aromatic nitrogens is 2. The molecule has 0 atom stereocenters. The second-order valence-electron chi connectivity index (χ2n) is 4.54. The Hall–Kier alpha value is -2.92. The van der Waals surface area contributed by atoms with Gasteiger partial charge in [-0.25, -0.2) is 10.5 Å². The Labute approximate surface area is 120 Å². The number of fused-ring (bicyclic) bond motifs is 1. The lowest BCUT2D eigenvalue weighted by Crippen LogP contribution is -2.14. The lowest BCUT2D eigenvalue weighted by Gasteiger charge is -1.94. The van der Waals surface area contributed by atoms with Gasteiger partial charge in [-0.1, -0.05) is 36.4 Å². The topological polar surface area (TPSA) is 78.0 Å². The molecule has 1 amide bonds. The number of aromatic amines is 1. The van der Waals surface area contributed by atoms with Crippen LogP contribution in [0, 0.1) is 0 Å². The second kappa shape index (κ2) is 5.60. The normalized spacial score (nSPS) is 11.1. The number of hydrogen-bond donors (Lipinski definition) is 3. The number of nitrogens with zero attached hydrogens (tertiary/aromatic N) is 1. The number of carbonyl (C=O) groups excluding carboxylic acids is 1. The van der Waals surface area contributed by atoms with Gasteiger partial charge in [-0.05, 0) is 23.8 Å². The molecular formula is C16H13N3O2. The summed E-state index contributed by atoms with van der Waals surface area (Å²) in [5, 5.41) is 8.45. The molecule has 0 fully saturated rings. The molecule has 3 N–H and O–H groups in total. The number of imidazole rings is 1. The van der Waals surface area contributed by atoms with Crippen molar-refractivity contribution in [2.24, 2.45) is 0 Å². The van der Waals surface area contributed by atoms with Gasteiger partial charge >= 0.3 is 0 Å². The van der Waals surface area contributed by atoms with Crippen LogP contribution >= 0.6 is 0 Å². The quantitative estimate of drug-likeness (QED) is 0.392. The van der Waals surface area contributed by atoms with E-state index in [9.17, 15) is 4.79 Å². The van der Waals surface area contributed by atoms with Crippen molar-refractivity contribution >= 4 is 23.0 Å². The molecule has 0 saturated heterocycles. The highest BCUT2D eigenvalue weighted by atomic mass is 16.5. The van der Waals surface area contributed by atoms with Gasteiger partial charge in [0.25, 0.3) is 5.91 Å². The van der Waals surface area contributed by atoms with Crippen molar-refractivity contribution in [3.05, 3.63) is 60.2 Å².